The molecule has 0 aromatic carbocycles. The first-order valence-corrected chi connectivity index (χ1v) is 7.14. The highest BCUT2D eigenvalue weighted by molar-refractivity contribution is 4.83. The maximum atomic E-state index is 5.93. The van der Waals surface area contributed by atoms with Gasteiger partial charge in [0, 0.05) is 12.6 Å². The number of hydrogen-bond acceptors (Lipinski definition) is 2. The van der Waals surface area contributed by atoms with E-state index in [1.165, 1.54) is 64.5 Å². The molecule has 0 heterocycles. The van der Waals surface area contributed by atoms with E-state index in [4.69, 9.17) is 5.73 Å². The van der Waals surface area contributed by atoms with Crippen molar-refractivity contribution in [2.75, 3.05) is 13.1 Å². The molecule has 0 atom stereocenters. The lowest BCUT2D eigenvalue weighted by Crippen LogP contribution is -2.35. The van der Waals surface area contributed by atoms with Crippen LogP contribution in [0.5, 0.6) is 0 Å². The third-order valence-corrected chi connectivity index (χ3v) is 4.69. The zero-order valence-corrected chi connectivity index (χ0v) is 10.8. The summed E-state index contributed by atoms with van der Waals surface area (Å²) >= 11 is 0. The molecule has 2 aliphatic rings. The molecule has 2 saturated carbocycles. The molecule has 0 unspecified atom stereocenters. The summed E-state index contributed by atoms with van der Waals surface area (Å²) in [5, 5.41) is 3.71. The van der Waals surface area contributed by atoms with Crippen LogP contribution in [0.2, 0.25) is 0 Å². The van der Waals surface area contributed by atoms with Gasteiger partial charge in [-0.2, -0.15) is 0 Å². The van der Waals surface area contributed by atoms with Gasteiger partial charge in [0.1, 0.15) is 0 Å². The molecule has 0 aromatic heterocycles. The molecule has 2 rings (SSSR count). The molecule has 0 aliphatic heterocycles. The quantitative estimate of drug-likeness (QED) is 0.770. The van der Waals surface area contributed by atoms with Crippen LogP contribution in [0, 0.1) is 11.3 Å². The fourth-order valence-electron chi connectivity index (χ4n) is 3.38. The van der Waals surface area contributed by atoms with E-state index in [1.807, 2.05) is 0 Å². The highest BCUT2D eigenvalue weighted by atomic mass is 14.9. The Kier molecular flexibility index (Phi) is 4.26. The van der Waals surface area contributed by atoms with Crippen LogP contribution in [0.25, 0.3) is 0 Å². The van der Waals surface area contributed by atoms with E-state index in [2.05, 4.69) is 12.2 Å². The lowest BCUT2D eigenvalue weighted by atomic mass is 9.85. The summed E-state index contributed by atoms with van der Waals surface area (Å²) < 4.78 is 0. The van der Waals surface area contributed by atoms with Crippen molar-refractivity contribution in [1.29, 1.82) is 0 Å². The fourth-order valence-corrected chi connectivity index (χ4v) is 3.38. The second-order valence-corrected chi connectivity index (χ2v) is 6.43. The Hall–Kier alpha value is -0.0800. The van der Waals surface area contributed by atoms with Gasteiger partial charge in [0.15, 0.2) is 0 Å². The number of nitrogens with two attached hydrogens (primary N) is 1. The van der Waals surface area contributed by atoms with E-state index in [0.29, 0.717) is 11.5 Å². The van der Waals surface area contributed by atoms with Crippen molar-refractivity contribution < 1.29 is 0 Å². The minimum absolute atomic E-state index is 0.489. The van der Waals surface area contributed by atoms with Crippen LogP contribution < -0.4 is 11.1 Å². The van der Waals surface area contributed by atoms with Crippen LogP contribution in [-0.2, 0) is 0 Å². The van der Waals surface area contributed by atoms with E-state index in [9.17, 15) is 0 Å². The topological polar surface area (TPSA) is 38.0 Å². The van der Waals surface area contributed by atoms with Crippen molar-refractivity contribution in [3.05, 3.63) is 0 Å². The van der Waals surface area contributed by atoms with Crippen molar-refractivity contribution in [2.45, 2.75) is 64.3 Å². The average Bonchev–Trinajstić information content (AvgIpc) is 2.69. The Morgan fingerprint density at radius 1 is 1.12 bits per heavy atom. The van der Waals surface area contributed by atoms with Gasteiger partial charge in [0.25, 0.3) is 0 Å². The molecule has 2 nitrogen and oxygen atoms in total. The van der Waals surface area contributed by atoms with E-state index < -0.39 is 0 Å². The summed E-state index contributed by atoms with van der Waals surface area (Å²) in [7, 11) is 0. The molecule has 2 fully saturated rings. The second-order valence-electron chi connectivity index (χ2n) is 6.43. The second kappa shape index (κ2) is 5.50. The largest absolute Gasteiger partial charge is 0.328 e. The predicted octanol–water partition coefficient (Wildman–Crippen LogP) is 2.67. The van der Waals surface area contributed by atoms with Crippen molar-refractivity contribution in [1.82, 2.24) is 5.32 Å². The van der Waals surface area contributed by atoms with E-state index in [0.717, 1.165) is 5.92 Å². The Bertz CT molecular complexity index is 201. The molecule has 0 bridgehead atoms. The molecule has 0 aromatic rings. The van der Waals surface area contributed by atoms with Crippen LogP contribution in [0.1, 0.15) is 58.3 Å². The molecular weight excluding hydrogens is 196 g/mol. The first-order valence-electron chi connectivity index (χ1n) is 7.14. The monoisotopic (exact) mass is 224 g/mol. The molecule has 94 valence electrons. The van der Waals surface area contributed by atoms with E-state index >= 15 is 0 Å². The first kappa shape index (κ1) is 12.4. The van der Waals surface area contributed by atoms with Gasteiger partial charge in [0.05, 0.1) is 0 Å². The van der Waals surface area contributed by atoms with Crippen LogP contribution >= 0.6 is 0 Å². The summed E-state index contributed by atoms with van der Waals surface area (Å²) in [5.41, 5.74) is 6.53. The summed E-state index contributed by atoms with van der Waals surface area (Å²) in [5.74, 6) is 0.893. The smallest absolute Gasteiger partial charge is 0.00390 e. The molecular formula is C14H28N2. The molecule has 16 heavy (non-hydrogen) atoms. The van der Waals surface area contributed by atoms with Crippen LogP contribution in [0.4, 0.5) is 0 Å². The minimum Gasteiger partial charge on any atom is -0.328 e. The average molecular weight is 224 g/mol. The lowest BCUT2D eigenvalue weighted by molar-refractivity contribution is 0.274. The summed E-state index contributed by atoms with van der Waals surface area (Å²) in [6.07, 6.45) is 10.9. The zero-order chi connectivity index (χ0) is 11.4. The molecule has 2 aliphatic carbocycles. The Morgan fingerprint density at radius 2 is 1.75 bits per heavy atom. The standard InChI is InChI=1S/C14H28N2/c1-14(8-2-3-9-14)11-16-10-12-4-6-13(15)7-5-12/h12-13,16H,2-11,15H2,1H3. The van der Waals surface area contributed by atoms with Gasteiger partial charge >= 0.3 is 0 Å². The summed E-state index contributed by atoms with van der Waals surface area (Å²) in [6.45, 7) is 4.90. The van der Waals surface area contributed by atoms with Gasteiger partial charge in [0.2, 0.25) is 0 Å². The molecule has 0 saturated heterocycles. The van der Waals surface area contributed by atoms with Crippen molar-refractivity contribution in [3.63, 3.8) is 0 Å². The lowest BCUT2D eigenvalue weighted by Gasteiger charge is -2.29. The van der Waals surface area contributed by atoms with Crippen molar-refractivity contribution >= 4 is 0 Å². The van der Waals surface area contributed by atoms with Crippen molar-refractivity contribution in [2.24, 2.45) is 17.1 Å². The molecule has 0 spiro atoms. The molecule has 0 radical (unpaired) electrons. The molecule has 3 N–H and O–H groups in total. The minimum atomic E-state index is 0.489. The number of rotatable bonds is 4. The maximum Gasteiger partial charge on any atom is 0.00390 e. The van der Waals surface area contributed by atoms with Gasteiger partial charge in [-0.1, -0.05) is 19.8 Å². The van der Waals surface area contributed by atoms with Crippen LogP contribution in [0.3, 0.4) is 0 Å². The van der Waals surface area contributed by atoms with Crippen LogP contribution in [-0.4, -0.2) is 19.1 Å². The Balaban J connectivity index is 1.61. The maximum absolute atomic E-state index is 5.93. The SMILES string of the molecule is CC1(CNCC2CCC(N)CC2)CCCC1. The highest BCUT2D eigenvalue weighted by Gasteiger charge is 2.28. The van der Waals surface area contributed by atoms with E-state index in [1.54, 1.807) is 0 Å². The van der Waals surface area contributed by atoms with Gasteiger partial charge in [-0.3, -0.25) is 0 Å². The van der Waals surface area contributed by atoms with Crippen molar-refractivity contribution in [3.8, 4) is 0 Å². The van der Waals surface area contributed by atoms with E-state index in [-0.39, 0.29) is 0 Å². The van der Waals surface area contributed by atoms with Crippen LogP contribution in [0.15, 0.2) is 0 Å². The summed E-state index contributed by atoms with van der Waals surface area (Å²) in [6, 6.07) is 0.489. The molecule has 0 amide bonds. The first-order chi connectivity index (χ1) is 7.68. The molecule has 2 heteroatoms. The normalized spacial score (nSPS) is 34.1. The highest BCUT2D eigenvalue weighted by Crippen LogP contribution is 2.36. The fraction of sp³-hybridized carbons (Fsp3) is 1.00. The third kappa shape index (κ3) is 3.46. The van der Waals surface area contributed by atoms with Gasteiger partial charge in [-0.15, -0.1) is 0 Å². The number of hydrogen-bond donors (Lipinski definition) is 2. The third-order valence-electron chi connectivity index (χ3n) is 4.69. The predicted molar refractivity (Wildman–Crippen MR) is 69.4 cm³/mol. The Morgan fingerprint density at radius 3 is 2.38 bits per heavy atom. The van der Waals surface area contributed by atoms with Gasteiger partial charge in [-0.05, 0) is 56.4 Å². The van der Waals surface area contributed by atoms with Gasteiger partial charge < -0.3 is 11.1 Å². The zero-order valence-electron chi connectivity index (χ0n) is 10.8. The number of nitrogens with one attached hydrogen (secondary N) is 1. The summed E-state index contributed by atoms with van der Waals surface area (Å²) in [4.78, 5) is 0. The van der Waals surface area contributed by atoms with Gasteiger partial charge in [-0.25, -0.2) is 0 Å². The Labute approximate surface area is 100 Å².